The van der Waals surface area contributed by atoms with Gasteiger partial charge in [-0.05, 0) is 23.8 Å². The van der Waals surface area contributed by atoms with Gasteiger partial charge in [0.25, 0.3) is 0 Å². The number of halogens is 3. The number of amides is 1. The van der Waals surface area contributed by atoms with Crippen molar-refractivity contribution in [3.05, 3.63) is 47.3 Å². The molecule has 0 fully saturated rings. The van der Waals surface area contributed by atoms with Gasteiger partial charge in [0.2, 0.25) is 5.91 Å². The Kier molecular flexibility index (Phi) is 3.39. The van der Waals surface area contributed by atoms with E-state index in [4.69, 9.17) is 11.5 Å². The summed E-state index contributed by atoms with van der Waals surface area (Å²) in [4.78, 5) is 11.0. The molecule has 0 saturated carbocycles. The second-order valence-electron chi connectivity index (χ2n) is 4.17. The maximum atomic E-state index is 12.4. The van der Waals surface area contributed by atoms with Crippen LogP contribution in [0.2, 0.25) is 0 Å². The van der Waals surface area contributed by atoms with Gasteiger partial charge in [-0.25, -0.2) is 0 Å². The van der Waals surface area contributed by atoms with Crippen molar-refractivity contribution in [3.63, 3.8) is 0 Å². The smallest absolute Gasteiger partial charge is 0.398 e. The van der Waals surface area contributed by atoms with E-state index in [9.17, 15) is 18.0 Å². The molecule has 4 N–H and O–H groups in total. The van der Waals surface area contributed by atoms with Crippen LogP contribution in [0, 0.1) is 0 Å². The number of carbonyl (C=O) groups is 1. The third-order valence-corrected chi connectivity index (χ3v) is 2.69. The van der Waals surface area contributed by atoms with E-state index in [0.717, 1.165) is 10.7 Å². The summed E-state index contributed by atoms with van der Waals surface area (Å²) in [6.45, 7) is 0.0704. The molecule has 0 atom stereocenters. The number of benzene rings is 1. The standard InChI is InChI=1S/C12H11F3N4O/c13-12(14,15)10-3-4-19(18-10)6-8-2-1-7(11(17)20)5-9(8)16/h1-5H,6,16H2,(H2,17,20). The van der Waals surface area contributed by atoms with Gasteiger partial charge in [0, 0.05) is 17.4 Å². The second-order valence-corrected chi connectivity index (χ2v) is 4.17. The van der Waals surface area contributed by atoms with E-state index in [1.165, 1.54) is 24.4 Å². The van der Waals surface area contributed by atoms with E-state index in [0.29, 0.717) is 5.56 Å². The van der Waals surface area contributed by atoms with Gasteiger partial charge in [0.1, 0.15) is 0 Å². The zero-order valence-electron chi connectivity index (χ0n) is 10.2. The summed E-state index contributed by atoms with van der Waals surface area (Å²) in [5.74, 6) is -0.623. The van der Waals surface area contributed by atoms with Crippen LogP contribution in [0.25, 0.3) is 0 Å². The van der Waals surface area contributed by atoms with Gasteiger partial charge in [-0.15, -0.1) is 0 Å². The SMILES string of the molecule is NC(=O)c1ccc(Cn2ccc(C(F)(F)F)n2)c(N)c1. The first kappa shape index (κ1) is 13.9. The Morgan fingerprint density at radius 1 is 1.30 bits per heavy atom. The summed E-state index contributed by atoms with van der Waals surface area (Å²) < 4.78 is 38.4. The Balaban J connectivity index is 2.22. The topological polar surface area (TPSA) is 86.9 Å². The highest BCUT2D eigenvalue weighted by atomic mass is 19.4. The van der Waals surface area contributed by atoms with Crippen LogP contribution in [-0.2, 0) is 12.7 Å². The van der Waals surface area contributed by atoms with Crippen LogP contribution >= 0.6 is 0 Å². The molecule has 1 aromatic heterocycles. The lowest BCUT2D eigenvalue weighted by molar-refractivity contribution is -0.141. The lowest BCUT2D eigenvalue weighted by atomic mass is 10.1. The van der Waals surface area contributed by atoms with E-state index in [2.05, 4.69) is 5.10 Å². The number of anilines is 1. The zero-order chi connectivity index (χ0) is 14.9. The van der Waals surface area contributed by atoms with Crippen LogP contribution in [0.15, 0.2) is 30.5 Å². The highest BCUT2D eigenvalue weighted by Gasteiger charge is 2.33. The Labute approximate surface area is 112 Å². The quantitative estimate of drug-likeness (QED) is 0.840. The predicted molar refractivity (Wildman–Crippen MR) is 65.7 cm³/mol. The van der Waals surface area contributed by atoms with Crippen molar-refractivity contribution in [2.24, 2.45) is 5.73 Å². The first-order valence-corrected chi connectivity index (χ1v) is 5.56. The first-order chi connectivity index (χ1) is 9.27. The molecule has 0 aliphatic rings. The predicted octanol–water partition coefficient (Wildman–Crippen LogP) is 1.63. The molecule has 2 aromatic rings. The molecule has 20 heavy (non-hydrogen) atoms. The minimum absolute atomic E-state index is 0.0704. The van der Waals surface area contributed by atoms with Crippen molar-refractivity contribution in [2.75, 3.05) is 5.73 Å². The van der Waals surface area contributed by atoms with Crippen molar-refractivity contribution in [1.29, 1.82) is 0 Å². The zero-order valence-corrected chi connectivity index (χ0v) is 10.2. The number of aromatic nitrogens is 2. The summed E-state index contributed by atoms with van der Waals surface area (Å²) in [6.07, 6.45) is -3.27. The van der Waals surface area contributed by atoms with Crippen LogP contribution in [0.4, 0.5) is 18.9 Å². The normalized spacial score (nSPS) is 11.6. The molecule has 0 bridgehead atoms. The monoisotopic (exact) mass is 284 g/mol. The first-order valence-electron chi connectivity index (χ1n) is 5.56. The molecule has 0 saturated heterocycles. The Bertz CT molecular complexity index is 648. The Morgan fingerprint density at radius 2 is 2.00 bits per heavy atom. The summed E-state index contributed by atoms with van der Waals surface area (Å²) in [7, 11) is 0. The van der Waals surface area contributed by atoms with Crippen molar-refractivity contribution < 1.29 is 18.0 Å². The van der Waals surface area contributed by atoms with Crippen LogP contribution < -0.4 is 11.5 Å². The van der Waals surface area contributed by atoms with Crippen LogP contribution in [0.3, 0.4) is 0 Å². The molecule has 1 aromatic carbocycles. The van der Waals surface area contributed by atoms with E-state index in [1.54, 1.807) is 0 Å². The highest BCUT2D eigenvalue weighted by molar-refractivity contribution is 5.93. The molecule has 106 valence electrons. The van der Waals surface area contributed by atoms with Crippen LogP contribution in [0.5, 0.6) is 0 Å². The number of alkyl halides is 3. The third-order valence-electron chi connectivity index (χ3n) is 2.69. The molecule has 0 aliphatic carbocycles. The van der Waals surface area contributed by atoms with Crippen LogP contribution in [-0.4, -0.2) is 15.7 Å². The molecule has 0 unspecified atom stereocenters. The fraction of sp³-hybridized carbons (Fsp3) is 0.167. The minimum atomic E-state index is -4.48. The Hall–Kier alpha value is -2.51. The highest BCUT2D eigenvalue weighted by Crippen LogP contribution is 2.27. The largest absolute Gasteiger partial charge is 0.435 e. The van der Waals surface area contributed by atoms with Gasteiger partial charge in [0.05, 0.1) is 6.54 Å². The third kappa shape index (κ3) is 2.90. The molecule has 0 aliphatic heterocycles. The molecule has 0 spiro atoms. The van der Waals surface area contributed by atoms with Gasteiger partial charge in [-0.3, -0.25) is 9.48 Å². The number of nitrogens with zero attached hydrogens (tertiary/aromatic N) is 2. The number of nitrogens with two attached hydrogens (primary N) is 2. The fourth-order valence-electron chi connectivity index (χ4n) is 1.67. The number of rotatable bonds is 3. The molecule has 0 radical (unpaired) electrons. The molecule has 1 amide bonds. The molecule has 1 heterocycles. The Morgan fingerprint density at radius 3 is 2.50 bits per heavy atom. The van der Waals surface area contributed by atoms with Gasteiger partial charge in [0.15, 0.2) is 5.69 Å². The summed E-state index contributed by atoms with van der Waals surface area (Å²) in [5.41, 5.74) is 10.9. The number of hydrogen-bond acceptors (Lipinski definition) is 3. The lowest BCUT2D eigenvalue weighted by Crippen LogP contribution is -2.13. The second kappa shape index (κ2) is 4.87. The molecule has 5 nitrogen and oxygen atoms in total. The lowest BCUT2D eigenvalue weighted by Gasteiger charge is -2.07. The van der Waals surface area contributed by atoms with Gasteiger partial charge in [-0.1, -0.05) is 6.07 Å². The maximum absolute atomic E-state index is 12.4. The summed E-state index contributed by atoms with van der Waals surface area (Å²) >= 11 is 0. The summed E-state index contributed by atoms with van der Waals surface area (Å²) in [6, 6.07) is 5.26. The van der Waals surface area contributed by atoms with Crippen molar-refractivity contribution in [3.8, 4) is 0 Å². The average Bonchev–Trinajstić information content (AvgIpc) is 2.80. The van der Waals surface area contributed by atoms with Gasteiger partial charge < -0.3 is 11.5 Å². The van der Waals surface area contributed by atoms with Crippen molar-refractivity contribution in [2.45, 2.75) is 12.7 Å². The molecule has 2 rings (SSSR count). The summed E-state index contributed by atoms with van der Waals surface area (Å²) in [5, 5.41) is 3.42. The van der Waals surface area contributed by atoms with E-state index in [-0.39, 0.29) is 17.8 Å². The minimum Gasteiger partial charge on any atom is -0.398 e. The number of nitrogen functional groups attached to an aromatic ring is 1. The average molecular weight is 284 g/mol. The molecular weight excluding hydrogens is 273 g/mol. The maximum Gasteiger partial charge on any atom is 0.435 e. The van der Waals surface area contributed by atoms with Crippen molar-refractivity contribution in [1.82, 2.24) is 9.78 Å². The van der Waals surface area contributed by atoms with E-state index < -0.39 is 17.8 Å². The van der Waals surface area contributed by atoms with Crippen LogP contribution in [0.1, 0.15) is 21.6 Å². The van der Waals surface area contributed by atoms with E-state index >= 15 is 0 Å². The molecular formula is C12H11F3N4O. The number of hydrogen-bond donors (Lipinski definition) is 2. The van der Waals surface area contributed by atoms with Gasteiger partial charge >= 0.3 is 6.18 Å². The fourth-order valence-corrected chi connectivity index (χ4v) is 1.67. The van der Waals surface area contributed by atoms with Crippen molar-refractivity contribution >= 4 is 11.6 Å². The van der Waals surface area contributed by atoms with Gasteiger partial charge in [-0.2, -0.15) is 18.3 Å². The van der Waals surface area contributed by atoms with E-state index in [1.807, 2.05) is 0 Å². The number of primary amides is 1. The molecule has 8 heteroatoms. The number of carbonyl (C=O) groups excluding carboxylic acids is 1.